The van der Waals surface area contributed by atoms with Crippen LogP contribution in [0.5, 0.6) is 0 Å². The van der Waals surface area contributed by atoms with Crippen molar-refractivity contribution in [3.63, 3.8) is 0 Å². The van der Waals surface area contributed by atoms with Gasteiger partial charge >= 0.3 is 0 Å². The highest BCUT2D eigenvalue weighted by atomic mass is 32.2. The fourth-order valence-electron chi connectivity index (χ4n) is 1.38. The Balaban J connectivity index is 2.78. The Kier molecular flexibility index (Phi) is 4.36. The third-order valence-corrected chi connectivity index (χ3v) is 4.92. The molecule has 1 rings (SSSR count). The molecule has 5 heteroatoms. The first-order valence-electron chi connectivity index (χ1n) is 5.56. The van der Waals surface area contributed by atoms with Gasteiger partial charge in [0, 0.05) is 19.6 Å². The molecule has 0 saturated heterocycles. The van der Waals surface area contributed by atoms with Crippen molar-refractivity contribution in [3.8, 4) is 12.3 Å². The third-order valence-electron chi connectivity index (χ3n) is 2.84. The zero-order chi connectivity index (χ0) is 12.3. The number of terminal acetylenes is 1. The Morgan fingerprint density at radius 1 is 1.44 bits per heavy atom. The van der Waals surface area contributed by atoms with E-state index in [0.29, 0.717) is 12.5 Å². The van der Waals surface area contributed by atoms with Crippen LogP contribution < -0.4 is 0 Å². The fourth-order valence-corrected chi connectivity index (χ4v) is 2.91. The minimum atomic E-state index is -3.39. The molecule has 0 heterocycles. The van der Waals surface area contributed by atoms with Gasteiger partial charge in [-0.2, -0.15) is 17.0 Å². The van der Waals surface area contributed by atoms with E-state index in [2.05, 4.69) is 5.92 Å². The Labute approximate surface area is 98.8 Å². The van der Waals surface area contributed by atoms with Gasteiger partial charge in [0.2, 0.25) is 0 Å². The average molecular weight is 244 g/mol. The van der Waals surface area contributed by atoms with Crippen molar-refractivity contribution < 1.29 is 8.42 Å². The Morgan fingerprint density at radius 3 is 2.38 bits per heavy atom. The lowest BCUT2D eigenvalue weighted by molar-refractivity contribution is 0.343. The maximum absolute atomic E-state index is 12.2. The quantitative estimate of drug-likeness (QED) is 0.652. The molecule has 92 valence electrons. The summed E-state index contributed by atoms with van der Waals surface area (Å²) < 4.78 is 27.1. The maximum atomic E-state index is 12.2. The standard InChI is InChI=1S/C11H20N2O2S/c1-5-8-13(9-11-6-7-11)16(14,15)12(4)10(2)3/h1,10-11H,6-9H2,2-4H3. The van der Waals surface area contributed by atoms with Crippen molar-refractivity contribution in [1.82, 2.24) is 8.61 Å². The van der Waals surface area contributed by atoms with Gasteiger partial charge in [-0.05, 0) is 32.6 Å². The van der Waals surface area contributed by atoms with Crippen molar-refractivity contribution in [2.24, 2.45) is 5.92 Å². The van der Waals surface area contributed by atoms with Gasteiger partial charge in [-0.15, -0.1) is 6.42 Å². The second-order valence-corrected chi connectivity index (χ2v) is 6.55. The number of rotatable bonds is 6. The second-order valence-electron chi connectivity index (χ2n) is 4.56. The summed E-state index contributed by atoms with van der Waals surface area (Å²) in [4.78, 5) is 0. The van der Waals surface area contributed by atoms with E-state index in [1.165, 1.54) is 8.61 Å². The van der Waals surface area contributed by atoms with E-state index in [9.17, 15) is 8.42 Å². The first-order chi connectivity index (χ1) is 7.39. The molecule has 0 atom stereocenters. The van der Waals surface area contributed by atoms with Crippen molar-refractivity contribution in [3.05, 3.63) is 0 Å². The average Bonchev–Trinajstić information content (AvgIpc) is 2.99. The third kappa shape index (κ3) is 3.21. The van der Waals surface area contributed by atoms with Gasteiger partial charge in [-0.25, -0.2) is 0 Å². The van der Waals surface area contributed by atoms with Crippen LogP contribution in [0.1, 0.15) is 26.7 Å². The number of hydrogen-bond acceptors (Lipinski definition) is 2. The van der Waals surface area contributed by atoms with E-state index < -0.39 is 10.2 Å². The summed E-state index contributed by atoms with van der Waals surface area (Å²) in [5, 5.41) is 0. The molecule has 0 radical (unpaired) electrons. The monoisotopic (exact) mass is 244 g/mol. The molecular weight excluding hydrogens is 224 g/mol. The van der Waals surface area contributed by atoms with E-state index >= 15 is 0 Å². The van der Waals surface area contributed by atoms with Crippen LogP contribution in [0.2, 0.25) is 0 Å². The van der Waals surface area contributed by atoms with E-state index in [4.69, 9.17) is 6.42 Å². The molecule has 0 aromatic heterocycles. The lowest BCUT2D eigenvalue weighted by Gasteiger charge is -2.28. The molecule has 1 aliphatic rings. The normalized spacial score (nSPS) is 17.1. The van der Waals surface area contributed by atoms with Crippen LogP contribution in [0.4, 0.5) is 0 Å². The van der Waals surface area contributed by atoms with Gasteiger partial charge in [-0.3, -0.25) is 0 Å². The Hall–Kier alpha value is -0.570. The molecule has 16 heavy (non-hydrogen) atoms. The molecule has 0 spiro atoms. The summed E-state index contributed by atoms with van der Waals surface area (Å²) in [5.41, 5.74) is 0. The first-order valence-corrected chi connectivity index (χ1v) is 6.95. The second kappa shape index (κ2) is 5.17. The van der Waals surface area contributed by atoms with Crippen molar-refractivity contribution in [1.29, 1.82) is 0 Å². The first kappa shape index (κ1) is 13.5. The van der Waals surface area contributed by atoms with Gasteiger partial charge in [0.25, 0.3) is 10.2 Å². The minimum Gasteiger partial charge on any atom is -0.195 e. The molecule has 1 saturated carbocycles. The van der Waals surface area contributed by atoms with Crippen LogP contribution in [-0.2, 0) is 10.2 Å². The van der Waals surface area contributed by atoms with Crippen LogP contribution >= 0.6 is 0 Å². The topological polar surface area (TPSA) is 40.6 Å². The van der Waals surface area contributed by atoms with Gasteiger partial charge < -0.3 is 0 Å². The molecule has 0 bridgehead atoms. The van der Waals surface area contributed by atoms with Crippen molar-refractivity contribution >= 4 is 10.2 Å². The highest BCUT2D eigenvalue weighted by Crippen LogP contribution is 2.30. The molecule has 0 N–H and O–H groups in total. The molecule has 0 unspecified atom stereocenters. The lowest BCUT2D eigenvalue weighted by Crippen LogP contribution is -2.45. The van der Waals surface area contributed by atoms with Crippen LogP contribution in [0.15, 0.2) is 0 Å². The van der Waals surface area contributed by atoms with E-state index in [1.54, 1.807) is 7.05 Å². The molecule has 4 nitrogen and oxygen atoms in total. The zero-order valence-electron chi connectivity index (χ0n) is 10.2. The predicted molar refractivity (Wildman–Crippen MR) is 64.9 cm³/mol. The summed E-state index contributed by atoms with van der Waals surface area (Å²) in [6.45, 7) is 4.42. The number of nitrogens with zero attached hydrogens (tertiary/aromatic N) is 2. The van der Waals surface area contributed by atoms with Crippen LogP contribution in [0.3, 0.4) is 0 Å². The SMILES string of the molecule is C#CCN(CC1CC1)S(=O)(=O)N(C)C(C)C. The highest BCUT2D eigenvalue weighted by molar-refractivity contribution is 7.86. The number of hydrogen-bond donors (Lipinski definition) is 0. The maximum Gasteiger partial charge on any atom is 0.282 e. The smallest absolute Gasteiger partial charge is 0.195 e. The van der Waals surface area contributed by atoms with E-state index in [0.717, 1.165) is 12.8 Å². The predicted octanol–water partition coefficient (Wildman–Crippen LogP) is 0.917. The van der Waals surface area contributed by atoms with Gasteiger partial charge in [0.05, 0.1) is 6.54 Å². The Bertz CT molecular complexity index is 366. The largest absolute Gasteiger partial charge is 0.282 e. The summed E-state index contributed by atoms with van der Waals surface area (Å²) in [5.74, 6) is 2.92. The summed E-state index contributed by atoms with van der Waals surface area (Å²) in [6.07, 6.45) is 7.45. The van der Waals surface area contributed by atoms with Crippen LogP contribution in [0.25, 0.3) is 0 Å². The van der Waals surface area contributed by atoms with Gasteiger partial charge in [0.15, 0.2) is 0 Å². The summed E-state index contributed by atoms with van der Waals surface area (Å²) >= 11 is 0. The van der Waals surface area contributed by atoms with Gasteiger partial charge in [0.1, 0.15) is 0 Å². The fraction of sp³-hybridized carbons (Fsp3) is 0.818. The molecule has 0 aromatic rings. The van der Waals surface area contributed by atoms with Crippen molar-refractivity contribution in [2.75, 3.05) is 20.1 Å². The molecule has 0 aliphatic heterocycles. The summed E-state index contributed by atoms with van der Waals surface area (Å²) in [6, 6.07) is -0.0514. The highest BCUT2D eigenvalue weighted by Gasteiger charge is 2.33. The minimum absolute atomic E-state index is 0.0514. The van der Waals surface area contributed by atoms with Crippen molar-refractivity contribution in [2.45, 2.75) is 32.7 Å². The van der Waals surface area contributed by atoms with E-state index in [-0.39, 0.29) is 12.6 Å². The van der Waals surface area contributed by atoms with Gasteiger partial charge in [-0.1, -0.05) is 5.92 Å². The summed E-state index contributed by atoms with van der Waals surface area (Å²) in [7, 11) is -1.80. The van der Waals surface area contributed by atoms with E-state index in [1.807, 2.05) is 13.8 Å². The zero-order valence-corrected chi connectivity index (χ0v) is 11.0. The molecule has 1 aliphatic carbocycles. The van der Waals surface area contributed by atoms with Crippen LogP contribution in [0, 0.1) is 18.3 Å². The lowest BCUT2D eigenvalue weighted by atomic mass is 10.4. The molecule has 0 aromatic carbocycles. The molecular formula is C11H20N2O2S. The molecule has 1 fully saturated rings. The van der Waals surface area contributed by atoms with Crippen LogP contribution in [-0.4, -0.2) is 43.2 Å². The molecule has 0 amide bonds. The Morgan fingerprint density at radius 2 is 2.00 bits per heavy atom.